The van der Waals surface area contributed by atoms with Crippen molar-refractivity contribution in [3.05, 3.63) is 63.7 Å². The van der Waals surface area contributed by atoms with Crippen molar-refractivity contribution in [1.29, 1.82) is 5.26 Å². The fraction of sp³-hybridized carbons (Fsp3) is 0.133. The third-order valence-corrected chi connectivity index (χ3v) is 2.83. The molecule has 106 valence electrons. The van der Waals surface area contributed by atoms with E-state index in [1.54, 1.807) is 13.2 Å². The van der Waals surface area contributed by atoms with E-state index in [2.05, 4.69) is 0 Å². The number of hydrogen-bond acceptors (Lipinski definition) is 5. The molecule has 6 nitrogen and oxygen atoms in total. The predicted octanol–water partition coefficient (Wildman–Crippen LogP) is 3.05. The molecule has 0 amide bonds. The Morgan fingerprint density at radius 2 is 2.05 bits per heavy atom. The smallest absolute Gasteiger partial charge is 0.290 e. The molecule has 0 bridgehead atoms. The van der Waals surface area contributed by atoms with Gasteiger partial charge in [-0.15, -0.1) is 0 Å². The molecular weight excluding hydrogens is 272 g/mol. The largest absolute Gasteiger partial charge is 0.497 e. The van der Waals surface area contributed by atoms with E-state index in [4.69, 9.17) is 14.7 Å². The van der Waals surface area contributed by atoms with Crippen molar-refractivity contribution in [3.8, 4) is 17.6 Å². The third kappa shape index (κ3) is 3.48. The Morgan fingerprint density at radius 1 is 1.24 bits per heavy atom. The molecule has 0 aliphatic carbocycles. The minimum Gasteiger partial charge on any atom is -0.497 e. The van der Waals surface area contributed by atoms with Gasteiger partial charge in [0, 0.05) is 0 Å². The van der Waals surface area contributed by atoms with Gasteiger partial charge >= 0.3 is 0 Å². The average molecular weight is 284 g/mol. The van der Waals surface area contributed by atoms with Gasteiger partial charge in [-0.2, -0.15) is 5.26 Å². The lowest BCUT2D eigenvalue weighted by Gasteiger charge is -2.08. The molecule has 0 aromatic heterocycles. The van der Waals surface area contributed by atoms with E-state index in [0.29, 0.717) is 11.5 Å². The van der Waals surface area contributed by atoms with E-state index in [0.717, 1.165) is 5.56 Å². The fourth-order valence-corrected chi connectivity index (χ4v) is 1.78. The number of ether oxygens (including phenoxy) is 2. The second-order valence-electron chi connectivity index (χ2n) is 4.19. The second-order valence-corrected chi connectivity index (χ2v) is 4.19. The zero-order valence-electron chi connectivity index (χ0n) is 11.3. The maximum absolute atomic E-state index is 10.9. The minimum absolute atomic E-state index is 0.00808. The van der Waals surface area contributed by atoms with E-state index in [-0.39, 0.29) is 17.9 Å². The van der Waals surface area contributed by atoms with Crippen molar-refractivity contribution in [2.24, 2.45) is 0 Å². The Kier molecular flexibility index (Phi) is 4.36. The molecule has 2 aromatic rings. The van der Waals surface area contributed by atoms with Gasteiger partial charge in [-0.05, 0) is 29.8 Å². The number of rotatable bonds is 5. The molecule has 0 heterocycles. The van der Waals surface area contributed by atoms with Crippen LogP contribution in [-0.2, 0) is 6.61 Å². The summed E-state index contributed by atoms with van der Waals surface area (Å²) in [5.41, 5.74) is 0.621. The summed E-state index contributed by atoms with van der Waals surface area (Å²) >= 11 is 0. The molecular formula is C15H12N2O4. The van der Waals surface area contributed by atoms with Crippen LogP contribution in [0.2, 0.25) is 0 Å². The number of nitriles is 1. The Bertz CT molecular complexity index is 707. The molecule has 0 atom stereocenters. The molecule has 0 saturated heterocycles. The summed E-state index contributed by atoms with van der Waals surface area (Å²) < 4.78 is 10.6. The minimum atomic E-state index is -0.600. The van der Waals surface area contributed by atoms with Crippen LogP contribution in [0.4, 0.5) is 5.69 Å². The molecule has 0 radical (unpaired) electrons. The Labute approximate surface area is 121 Å². The molecule has 21 heavy (non-hydrogen) atoms. The Morgan fingerprint density at radius 3 is 2.71 bits per heavy atom. The maximum Gasteiger partial charge on any atom is 0.290 e. The van der Waals surface area contributed by atoms with E-state index in [1.807, 2.05) is 24.3 Å². The molecule has 2 rings (SSSR count). The summed E-state index contributed by atoms with van der Waals surface area (Å²) in [7, 11) is 1.57. The molecule has 0 spiro atoms. The summed E-state index contributed by atoms with van der Waals surface area (Å²) in [6, 6.07) is 13.3. The number of nitro benzene ring substituents is 1. The van der Waals surface area contributed by atoms with E-state index < -0.39 is 4.92 Å². The lowest BCUT2D eigenvalue weighted by molar-refractivity contribution is -0.385. The van der Waals surface area contributed by atoms with Gasteiger partial charge in [0.1, 0.15) is 29.7 Å². The quantitative estimate of drug-likeness (QED) is 0.622. The normalized spacial score (nSPS) is 9.71. The molecule has 6 heteroatoms. The van der Waals surface area contributed by atoms with Crippen molar-refractivity contribution < 1.29 is 14.4 Å². The lowest BCUT2D eigenvalue weighted by Crippen LogP contribution is -1.98. The summed E-state index contributed by atoms with van der Waals surface area (Å²) in [6.45, 7) is 0.250. The zero-order chi connectivity index (χ0) is 15.2. The number of nitro groups is 1. The fourth-order valence-electron chi connectivity index (χ4n) is 1.78. The summed E-state index contributed by atoms with van der Waals surface area (Å²) in [6.07, 6.45) is 0. The van der Waals surface area contributed by atoms with Crippen LogP contribution >= 0.6 is 0 Å². The van der Waals surface area contributed by atoms with Gasteiger partial charge in [0.15, 0.2) is 0 Å². The van der Waals surface area contributed by atoms with Gasteiger partial charge in [0.05, 0.1) is 18.1 Å². The summed E-state index contributed by atoms with van der Waals surface area (Å²) in [5, 5.41) is 19.7. The van der Waals surface area contributed by atoms with Crippen LogP contribution in [-0.4, -0.2) is 12.0 Å². The van der Waals surface area contributed by atoms with Crippen LogP contribution in [0.3, 0.4) is 0 Å². The Balaban J connectivity index is 2.15. The van der Waals surface area contributed by atoms with Crippen LogP contribution in [0.15, 0.2) is 42.5 Å². The van der Waals surface area contributed by atoms with Crippen molar-refractivity contribution in [3.63, 3.8) is 0 Å². The molecule has 0 N–H and O–H groups in total. The first-order valence-corrected chi connectivity index (χ1v) is 6.08. The van der Waals surface area contributed by atoms with Crippen LogP contribution in [0, 0.1) is 21.4 Å². The highest BCUT2D eigenvalue weighted by Gasteiger charge is 2.14. The SMILES string of the molecule is COc1cccc(COc2ccc(C#N)c([N+](=O)[O-])c2)c1. The first kappa shape index (κ1) is 14.3. The zero-order valence-corrected chi connectivity index (χ0v) is 11.3. The molecule has 0 unspecified atom stereocenters. The van der Waals surface area contributed by atoms with E-state index in [1.165, 1.54) is 18.2 Å². The maximum atomic E-state index is 10.9. The summed E-state index contributed by atoms with van der Waals surface area (Å²) in [5.74, 6) is 1.05. The number of nitrogens with zero attached hydrogens (tertiary/aromatic N) is 2. The predicted molar refractivity (Wildman–Crippen MR) is 75.1 cm³/mol. The van der Waals surface area contributed by atoms with Crippen molar-refractivity contribution in [2.75, 3.05) is 7.11 Å². The van der Waals surface area contributed by atoms with E-state index in [9.17, 15) is 10.1 Å². The first-order chi connectivity index (χ1) is 10.1. The van der Waals surface area contributed by atoms with Crippen LogP contribution in [0.25, 0.3) is 0 Å². The standard InChI is InChI=1S/C15H12N2O4/c1-20-13-4-2-3-11(7-13)10-21-14-6-5-12(9-16)15(8-14)17(18)19/h2-8H,10H2,1H3. The van der Waals surface area contributed by atoms with Crippen LogP contribution < -0.4 is 9.47 Å². The van der Waals surface area contributed by atoms with E-state index >= 15 is 0 Å². The number of benzene rings is 2. The van der Waals surface area contributed by atoms with Gasteiger partial charge in [-0.25, -0.2) is 0 Å². The number of hydrogen-bond donors (Lipinski definition) is 0. The van der Waals surface area contributed by atoms with Crippen molar-refractivity contribution >= 4 is 5.69 Å². The second kappa shape index (κ2) is 6.39. The average Bonchev–Trinajstić information content (AvgIpc) is 2.52. The highest BCUT2D eigenvalue weighted by Crippen LogP contribution is 2.25. The molecule has 0 saturated carbocycles. The highest BCUT2D eigenvalue weighted by molar-refractivity contribution is 5.52. The van der Waals surface area contributed by atoms with Gasteiger partial charge in [-0.3, -0.25) is 10.1 Å². The highest BCUT2D eigenvalue weighted by atomic mass is 16.6. The van der Waals surface area contributed by atoms with Crippen molar-refractivity contribution in [2.45, 2.75) is 6.61 Å². The molecule has 0 aliphatic rings. The van der Waals surface area contributed by atoms with Crippen molar-refractivity contribution in [1.82, 2.24) is 0 Å². The first-order valence-electron chi connectivity index (χ1n) is 6.08. The topological polar surface area (TPSA) is 85.4 Å². The monoisotopic (exact) mass is 284 g/mol. The van der Waals surface area contributed by atoms with Gasteiger partial charge in [0.25, 0.3) is 5.69 Å². The number of methoxy groups -OCH3 is 1. The molecule has 0 fully saturated rings. The third-order valence-electron chi connectivity index (χ3n) is 2.83. The van der Waals surface area contributed by atoms with Crippen LogP contribution in [0.1, 0.15) is 11.1 Å². The van der Waals surface area contributed by atoms with Crippen LogP contribution in [0.5, 0.6) is 11.5 Å². The summed E-state index contributed by atoms with van der Waals surface area (Å²) in [4.78, 5) is 10.3. The Hall–Kier alpha value is -3.07. The van der Waals surface area contributed by atoms with Gasteiger partial charge in [-0.1, -0.05) is 12.1 Å². The molecule has 0 aliphatic heterocycles. The van der Waals surface area contributed by atoms with Gasteiger partial charge < -0.3 is 9.47 Å². The van der Waals surface area contributed by atoms with Gasteiger partial charge in [0.2, 0.25) is 0 Å². The lowest BCUT2D eigenvalue weighted by atomic mass is 10.2. The molecule has 2 aromatic carbocycles.